The van der Waals surface area contributed by atoms with Crippen LogP contribution in [0, 0.1) is 5.82 Å². The van der Waals surface area contributed by atoms with Crippen molar-refractivity contribution in [2.45, 2.75) is 19.3 Å². The van der Waals surface area contributed by atoms with Crippen LogP contribution in [0.5, 0.6) is 0 Å². The molecule has 3 aromatic rings. The van der Waals surface area contributed by atoms with E-state index in [-0.39, 0.29) is 11.7 Å². The Morgan fingerprint density at radius 2 is 2.08 bits per heavy atom. The van der Waals surface area contributed by atoms with Gasteiger partial charge in [-0.3, -0.25) is 4.79 Å². The Bertz CT molecular complexity index is 922. The van der Waals surface area contributed by atoms with Crippen molar-refractivity contribution in [2.24, 2.45) is 0 Å². The van der Waals surface area contributed by atoms with Crippen LogP contribution in [0.1, 0.15) is 17.9 Å². The molecular weight excluding hydrogens is 321 g/mol. The third-order valence-electron chi connectivity index (χ3n) is 4.29. The largest absolute Gasteiger partial charge is 0.339 e. The maximum Gasteiger partial charge on any atom is 0.227 e. The summed E-state index contributed by atoms with van der Waals surface area (Å²) in [6.45, 7) is 0.705. The Morgan fingerprint density at radius 3 is 2.96 bits per heavy atom. The summed E-state index contributed by atoms with van der Waals surface area (Å²) < 4.78 is 18.5. The summed E-state index contributed by atoms with van der Waals surface area (Å²) in [5.41, 5.74) is 2.73. The van der Waals surface area contributed by atoms with Gasteiger partial charge in [0.05, 0.1) is 0 Å². The average Bonchev–Trinajstić information content (AvgIpc) is 3.27. The second-order valence-electron chi connectivity index (χ2n) is 5.95. The molecular formula is C19H16FN3O2. The highest BCUT2D eigenvalue weighted by Gasteiger charge is 2.24. The molecule has 0 atom stereocenters. The van der Waals surface area contributed by atoms with Gasteiger partial charge in [-0.05, 0) is 30.2 Å². The Labute approximate surface area is 144 Å². The summed E-state index contributed by atoms with van der Waals surface area (Å²) in [4.78, 5) is 18.5. The minimum absolute atomic E-state index is 0.0375. The minimum Gasteiger partial charge on any atom is -0.339 e. The Morgan fingerprint density at radius 1 is 1.20 bits per heavy atom. The fourth-order valence-electron chi connectivity index (χ4n) is 3.05. The Kier molecular flexibility index (Phi) is 4.01. The number of anilines is 1. The number of carbonyl (C=O) groups excluding carboxylic acids is 1. The van der Waals surface area contributed by atoms with Gasteiger partial charge in [-0.25, -0.2) is 4.39 Å². The summed E-state index contributed by atoms with van der Waals surface area (Å²) in [6.07, 6.45) is 1.53. The lowest BCUT2D eigenvalue weighted by Crippen LogP contribution is -2.29. The number of amides is 1. The van der Waals surface area contributed by atoms with E-state index in [0.29, 0.717) is 36.7 Å². The van der Waals surface area contributed by atoms with Gasteiger partial charge in [0.1, 0.15) is 5.82 Å². The van der Waals surface area contributed by atoms with Gasteiger partial charge in [0.25, 0.3) is 0 Å². The van der Waals surface area contributed by atoms with Gasteiger partial charge in [-0.1, -0.05) is 35.5 Å². The zero-order valence-corrected chi connectivity index (χ0v) is 13.5. The van der Waals surface area contributed by atoms with Crippen molar-refractivity contribution in [3.63, 3.8) is 0 Å². The van der Waals surface area contributed by atoms with Gasteiger partial charge in [-0.15, -0.1) is 0 Å². The van der Waals surface area contributed by atoms with E-state index in [1.807, 2.05) is 24.3 Å². The molecule has 1 aliphatic heterocycles. The molecule has 0 aliphatic carbocycles. The lowest BCUT2D eigenvalue weighted by atomic mass is 10.2. The van der Waals surface area contributed by atoms with Crippen LogP contribution in [-0.4, -0.2) is 22.6 Å². The summed E-state index contributed by atoms with van der Waals surface area (Å²) in [6, 6.07) is 13.9. The van der Waals surface area contributed by atoms with Crippen molar-refractivity contribution in [3.8, 4) is 11.4 Å². The molecule has 0 fully saturated rings. The van der Waals surface area contributed by atoms with Crippen LogP contribution in [0.15, 0.2) is 53.1 Å². The van der Waals surface area contributed by atoms with Crippen molar-refractivity contribution in [2.75, 3.05) is 11.4 Å². The maximum atomic E-state index is 13.3. The summed E-state index contributed by atoms with van der Waals surface area (Å²) in [5.74, 6) is 0.385. The number of fused-ring (bicyclic) bond motifs is 1. The van der Waals surface area contributed by atoms with Gasteiger partial charge < -0.3 is 9.42 Å². The van der Waals surface area contributed by atoms with E-state index in [9.17, 15) is 9.18 Å². The number of hydrogen-bond acceptors (Lipinski definition) is 4. The third-order valence-corrected chi connectivity index (χ3v) is 4.29. The molecule has 4 rings (SSSR count). The van der Waals surface area contributed by atoms with Crippen LogP contribution in [-0.2, 0) is 17.6 Å². The van der Waals surface area contributed by atoms with Gasteiger partial charge in [0.15, 0.2) is 0 Å². The quantitative estimate of drug-likeness (QED) is 0.732. The van der Waals surface area contributed by atoms with Crippen molar-refractivity contribution >= 4 is 11.6 Å². The molecule has 5 nitrogen and oxygen atoms in total. The average molecular weight is 337 g/mol. The highest BCUT2D eigenvalue weighted by Crippen LogP contribution is 2.28. The first-order valence-electron chi connectivity index (χ1n) is 8.17. The Balaban J connectivity index is 1.42. The molecule has 25 heavy (non-hydrogen) atoms. The van der Waals surface area contributed by atoms with E-state index < -0.39 is 0 Å². The number of aromatic nitrogens is 2. The number of aryl methyl sites for hydroxylation is 1. The van der Waals surface area contributed by atoms with Crippen LogP contribution >= 0.6 is 0 Å². The highest BCUT2D eigenvalue weighted by molar-refractivity contribution is 5.95. The normalized spacial score (nSPS) is 13.1. The van der Waals surface area contributed by atoms with Crippen molar-refractivity contribution in [1.29, 1.82) is 0 Å². The van der Waals surface area contributed by atoms with Crippen molar-refractivity contribution in [3.05, 3.63) is 65.8 Å². The lowest BCUT2D eigenvalue weighted by Gasteiger charge is -2.16. The summed E-state index contributed by atoms with van der Waals surface area (Å²) in [5, 5.41) is 3.86. The molecule has 1 aliphatic rings. The molecule has 0 saturated carbocycles. The van der Waals surface area contributed by atoms with Gasteiger partial charge >= 0.3 is 0 Å². The van der Waals surface area contributed by atoms with Crippen LogP contribution in [0.25, 0.3) is 11.4 Å². The van der Waals surface area contributed by atoms with Gasteiger partial charge in [0, 0.05) is 30.6 Å². The summed E-state index contributed by atoms with van der Waals surface area (Å²) >= 11 is 0. The van der Waals surface area contributed by atoms with E-state index in [2.05, 4.69) is 10.1 Å². The van der Waals surface area contributed by atoms with Crippen LogP contribution in [0.4, 0.5) is 10.1 Å². The molecule has 0 saturated heterocycles. The molecule has 1 aromatic heterocycles. The van der Waals surface area contributed by atoms with Crippen LogP contribution in [0.2, 0.25) is 0 Å². The first kappa shape index (κ1) is 15.5. The zero-order valence-electron chi connectivity index (χ0n) is 13.5. The molecule has 0 spiro atoms. The van der Waals surface area contributed by atoms with Crippen LogP contribution < -0.4 is 4.90 Å². The smallest absolute Gasteiger partial charge is 0.227 e. The van der Waals surface area contributed by atoms with Crippen molar-refractivity contribution < 1.29 is 13.7 Å². The van der Waals surface area contributed by atoms with E-state index >= 15 is 0 Å². The van der Waals surface area contributed by atoms with E-state index in [1.54, 1.807) is 17.0 Å². The summed E-state index contributed by atoms with van der Waals surface area (Å²) in [7, 11) is 0. The second kappa shape index (κ2) is 6.47. The number of benzene rings is 2. The van der Waals surface area contributed by atoms with Gasteiger partial charge in [0.2, 0.25) is 17.6 Å². The number of rotatable bonds is 4. The molecule has 0 N–H and O–H groups in total. The molecule has 6 heteroatoms. The predicted molar refractivity (Wildman–Crippen MR) is 90.5 cm³/mol. The molecule has 2 aromatic carbocycles. The molecule has 0 radical (unpaired) electrons. The number of carbonyl (C=O) groups is 1. The standard InChI is InChI=1S/C19H16FN3O2/c20-15-6-3-5-14(12-15)19-21-17(25-22-19)8-9-18(24)23-11-10-13-4-1-2-7-16(13)23/h1-7,12H,8-11H2. The zero-order chi connectivity index (χ0) is 17.2. The second-order valence-corrected chi connectivity index (χ2v) is 5.95. The molecule has 0 bridgehead atoms. The molecule has 0 unspecified atom stereocenters. The number of halogens is 1. The monoisotopic (exact) mass is 337 g/mol. The fourth-order valence-corrected chi connectivity index (χ4v) is 3.05. The topological polar surface area (TPSA) is 59.2 Å². The predicted octanol–water partition coefficient (Wildman–Crippen LogP) is 3.40. The van der Waals surface area contributed by atoms with Crippen LogP contribution in [0.3, 0.4) is 0 Å². The SMILES string of the molecule is O=C(CCc1nc(-c2cccc(F)c2)no1)N1CCc2ccccc21. The minimum atomic E-state index is -0.355. The van der Waals surface area contributed by atoms with Crippen molar-refractivity contribution in [1.82, 2.24) is 10.1 Å². The first-order chi connectivity index (χ1) is 12.2. The number of hydrogen-bond donors (Lipinski definition) is 0. The third kappa shape index (κ3) is 3.15. The number of nitrogens with zero attached hydrogens (tertiary/aromatic N) is 3. The first-order valence-corrected chi connectivity index (χ1v) is 8.17. The molecule has 126 valence electrons. The van der Waals surface area contributed by atoms with E-state index in [1.165, 1.54) is 17.7 Å². The number of para-hydroxylation sites is 1. The molecule has 2 heterocycles. The van der Waals surface area contributed by atoms with Gasteiger partial charge in [-0.2, -0.15) is 4.98 Å². The highest BCUT2D eigenvalue weighted by atomic mass is 19.1. The maximum absolute atomic E-state index is 13.3. The van der Waals surface area contributed by atoms with E-state index in [4.69, 9.17) is 4.52 Å². The lowest BCUT2D eigenvalue weighted by molar-refractivity contribution is -0.118. The van der Waals surface area contributed by atoms with E-state index in [0.717, 1.165) is 12.1 Å². The fraction of sp³-hybridized carbons (Fsp3) is 0.211. The Hall–Kier alpha value is -3.02. The molecule has 1 amide bonds.